The fourth-order valence-corrected chi connectivity index (χ4v) is 2.73. The van der Waals surface area contributed by atoms with E-state index in [-0.39, 0.29) is 5.82 Å². The van der Waals surface area contributed by atoms with Crippen molar-refractivity contribution in [3.63, 3.8) is 0 Å². The van der Waals surface area contributed by atoms with Crippen molar-refractivity contribution in [2.75, 3.05) is 13.1 Å². The minimum atomic E-state index is -0.295. The lowest BCUT2D eigenvalue weighted by Crippen LogP contribution is -2.37. The van der Waals surface area contributed by atoms with Gasteiger partial charge in [0.05, 0.1) is 4.99 Å². The number of nitrogens with zero attached hydrogens (tertiary/aromatic N) is 1. The van der Waals surface area contributed by atoms with Crippen molar-refractivity contribution in [2.24, 2.45) is 11.7 Å². The van der Waals surface area contributed by atoms with Crippen molar-refractivity contribution >= 4 is 28.8 Å². The molecule has 1 aromatic rings. The molecule has 1 aliphatic heterocycles. The molecule has 5 heteroatoms. The first kappa shape index (κ1) is 13.7. The van der Waals surface area contributed by atoms with E-state index in [1.54, 1.807) is 6.07 Å². The molecule has 0 atom stereocenters. The maximum atomic E-state index is 12.9. The molecule has 0 amide bonds. The number of halogens is 2. The summed E-state index contributed by atoms with van der Waals surface area (Å²) in [5.41, 5.74) is 6.62. The Labute approximate surface area is 117 Å². The molecule has 0 unspecified atom stereocenters. The van der Waals surface area contributed by atoms with Gasteiger partial charge in [0.1, 0.15) is 5.82 Å². The summed E-state index contributed by atoms with van der Waals surface area (Å²) in [5.74, 6) is 0.0656. The SMILES string of the molecule is NC(=S)C1CCN(Cc2ccc(F)cc2Cl)CC1. The molecule has 0 saturated carbocycles. The van der Waals surface area contributed by atoms with Gasteiger partial charge in [0.25, 0.3) is 0 Å². The van der Waals surface area contributed by atoms with Crippen molar-refractivity contribution in [2.45, 2.75) is 19.4 Å². The molecule has 0 aliphatic carbocycles. The van der Waals surface area contributed by atoms with E-state index < -0.39 is 0 Å². The molecule has 98 valence electrons. The Hall–Kier alpha value is -0.710. The monoisotopic (exact) mass is 286 g/mol. The Balaban J connectivity index is 1.93. The molecule has 0 bridgehead atoms. The van der Waals surface area contributed by atoms with E-state index in [4.69, 9.17) is 29.6 Å². The van der Waals surface area contributed by atoms with E-state index in [1.807, 2.05) is 0 Å². The molecular formula is C13H16ClFN2S. The van der Waals surface area contributed by atoms with Gasteiger partial charge in [0.15, 0.2) is 0 Å². The first-order valence-electron chi connectivity index (χ1n) is 6.02. The van der Waals surface area contributed by atoms with E-state index in [0.717, 1.165) is 38.0 Å². The smallest absolute Gasteiger partial charge is 0.124 e. The van der Waals surface area contributed by atoms with Gasteiger partial charge in [-0.15, -0.1) is 0 Å². The third kappa shape index (κ3) is 3.40. The zero-order valence-corrected chi connectivity index (χ0v) is 11.6. The summed E-state index contributed by atoms with van der Waals surface area (Å²) in [4.78, 5) is 2.92. The molecule has 18 heavy (non-hydrogen) atoms. The van der Waals surface area contributed by atoms with Gasteiger partial charge in [0, 0.05) is 17.5 Å². The van der Waals surface area contributed by atoms with Crippen molar-refractivity contribution < 1.29 is 4.39 Å². The molecule has 1 aromatic carbocycles. The molecular weight excluding hydrogens is 271 g/mol. The Morgan fingerprint density at radius 1 is 1.44 bits per heavy atom. The van der Waals surface area contributed by atoms with E-state index >= 15 is 0 Å². The first-order chi connectivity index (χ1) is 8.56. The third-order valence-corrected chi connectivity index (χ3v) is 4.08. The van der Waals surface area contributed by atoms with Gasteiger partial charge in [-0.25, -0.2) is 4.39 Å². The van der Waals surface area contributed by atoms with Crippen molar-refractivity contribution in [3.8, 4) is 0 Å². The lowest BCUT2D eigenvalue weighted by molar-refractivity contribution is 0.202. The Kier molecular flexibility index (Phi) is 4.54. The Morgan fingerprint density at radius 3 is 2.67 bits per heavy atom. The molecule has 1 saturated heterocycles. The molecule has 0 spiro atoms. The number of thiocarbonyl (C=S) groups is 1. The zero-order chi connectivity index (χ0) is 13.1. The average Bonchev–Trinajstić information content (AvgIpc) is 2.33. The first-order valence-corrected chi connectivity index (χ1v) is 6.80. The highest BCUT2D eigenvalue weighted by atomic mass is 35.5. The molecule has 1 heterocycles. The molecule has 1 fully saturated rings. The van der Waals surface area contributed by atoms with Crippen LogP contribution in [-0.4, -0.2) is 23.0 Å². The molecule has 2 N–H and O–H groups in total. The highest BCUT2D eigenvalue weighted by molar-refractivity contribution is 7.80. The molecule has 0 aromatic heterocycles. The normalized spacial score (nSPS) is 17.9. The van der Waals surface area contributed by atoms with Crippen molar-refractivity contribution in [1.29, 1.82) is 0 Å². The van der Waals surface area contributed by atoms with Crippen LogP contribution < -0.4 is 5.73 Å². The summed E-state index contributed by atoms with van der Waals surface area (Å²) >= 11 is 11.0. The summed E-state index contributed by atoms with van der Waals surface area (Å²) in [7, 11) is 0. The van der Waals surface area contributed by atoms with Gasteiger partial charge in [-0.1, -0.05) is 29.9 Å². The van der Waals surface area contributed by atoms with Crippen LogP contribution in [0.3, 0.4) is 0 Å². The van der Waals surface area contributed by atoms with E-state index in [0.29, 0.717) is 15.9 Å². The van der Waals surface area contributed by atoms with E-state index in [9.17, 15) is 4.39 Å². The zero-order valence-electron chi connectivity index (χ0n) is 10.0. The summed E-state index contributed by atoms with van der Waals surface area (Å²) in [6.45, 7) is 2.66. The van der Waals surface area contributed by atoms with Crippen LogP contribution in [0.2, 0.25) is 5.02 Å². The van der Waals surface area contributed by atoms with Crippen LogP contribution in [0.15, 0.2) is 18.2 Å². The number of rotatable bonds is 3. The van der Waals surface area contributed by atoms with Gasteiger partial charge in [0.2, 0.25) is 0 Å². The summed E-state index contributed by atoms with van der Waals surface area (Å²) in [6, 6.07) is 4.55. The summed E-state index contributed by atoms with van der Waals surface area (Å²) < 4.78 is 12.9. The second kappa shape index (κ2) is 5.95. The van der Waals surface area contributed by atoms with Crippen molar-refractivity contribution in [1.82, 2.24) is 4.90 Å². The average molecular weight is 287 g/mol. The van der Waals surface area contributed by atoms with Crippen molar-refractivity contribution in [3.05, 3.63) is 34.6 Å². The second-order valence-electron chi connectivity index (χ2n) is 4.69. The van der Waals surface area contributed by atoms with Gasteiger partial charge in [-0.3, -0.25) is 4.90 Å². The van der Waals surface area contributed by atoms with Gasteiger partial charge in [-0.2, -0.15) is 0 Å². The topological polar surface area (TPSA) is 29.3 Å². The number of hydrogen-bond acceptors (Lipinski definition) is 2. The Morgan fingerprint density at radius 2 is 2.11 bits per heavy atom. The summed E-state index contributed by atoms with van der Waals surface area (Å²) in [5, 5.41) is 0.492. The molecule has 2 rings (SSSR count). The number of nitrogens with two attached hydrogens (primary N) is 1. The van der Waals surface area contributed by atoms with Crippen LogP contribution in [0.5, 0.6) is 0 Å². The van der Waals surface area contributed by atoms with Crippen LogP contribution in [0.1, 0.15) is 18.4 Å². The number of hydrogen-bond donors (Lipinski definition) is 1. The highest BCUT2D eigenvalue weighted by Crippen LogP contribution is 2.23. The lowest BCUT2D eigenvalue weighted by atomic mass is 9.96. The predicted octanol–water partition coefficient (Wildman–Crippen LogP) is 2.98. The summed E-state index contributed by atoms with van der Waals surface area (Å²) in [6.07, 6.45) is 1.99. The van der Waals surface area contributed by atoms with Gasteiger partial charge >= 0.3 is 0 Å². The van der Waals surface area contributed by atoms with Crippen LogP contribution in [-0.2, 0) is 6.54 Å². The number of benzene rings is 1. The van der Waals surface area contributed by atoms with Gasteiger partial charge < -0.3 is 5.73 Å². The standard InChI is InChI=1S/C13H16ClFN2S/c14-12-7-11(15)2-1-10(12)8-17-5-3-9(4-6-17)13(16)18/h1-2,7,9H,3-6,8H2,(H2,16,18). The lowest BCUT2D eigenvalue weighted by Gasteiger charge is -2.31. The van der Waals surface area contributed by atoms with E-state index in [1.165, 1.54) is 12.1 Å². The quantitative estimate of drug-likeness (QED) is 0.866. The largest absolute Gasteiger partial charge is 0.393 e. The minimum Gasteiger partial charge on any atom is -0.393 e. The van der Waals surface area contributed by atoms with Crippen LogP contribution in [0.4, 0.5) is 4.39 Å². The minimum absolute atomic E-state index is 0.295. The molecule has 2 nitrogen and oxygen atoms in total. The third-order valence-electron chi connectivity index (χ3n) is 3.40. The second-order valence-corrected chi connectivity index (χ2v) is 5.57. The predicted molar refractivity (Wildman–Crippen MR) is 76.2 cm³/mol. The fourth-order valence-electron chi connectivity index (χ4n) is 2.27. The molecule has 1 aliphatic rings. The highest BCUT2D eigenvalue weighted by Gasteiger charge is 2.21. The number of piperidine rings is 1. The van der Waals surface area contributed by atoms with Crippen LogP contribution >= 0.6 is 23.8 Å². The molecule has 0 radical (unpaired) electrons. The maximum absolute atomic E-state index is 12.9. The maximum Gasteiger partial charge on any atom is 0.124 e. The van der Waals surface area contributed by atoms with E-state index in [2.05, 4.69) is 4.90 Å². The van der Waals surface area contributed by atoms with Gasteiger partial charge in [-0.05, 0) is 43.6 Å². The fraction of sp³-hybridized carbons (Fsp3) is 0.462. The van der Waals surface area contributed by atoms with Crippen LogP contribution in [0, 0.1) is 11.7 Å². The van der Waals surface area contributed by atoms with Crippen LogP contribution in [0.25, 0.3) is 0 Å². The Bertz CT molecular complexity index is 445. The number of likely N-dealkylation sites (tertiary alicyclic amines) is 1.